The highest BCUT2D eigenvalue weighted by Crippen LogP contribution is 2.31. The zero-order valence-corrected chi connectivity index (χ0v) is 12.8. The molecule has 1 aliphatic rings. The second-order valence-electron chi connectivity index (χ2n) is 6.71. The third-order valence-electron chi connectivity index (χ3n) is 4.56. The van der Waals surface area contributed by atoms with Crippen LogP contribution in [0.2, 0.25) is 0 Å². The van der Waals surface area contributed by atoms with E-state index in [0.717, 1.165) is 6.42 Å². The average Bonchev–Trinajstić information content (AvgIpc) is 2.37. The Balaban J connectivity index is 2.15. The largest absolute Gasteiger partial charge is 0.322 e. The van der Waals surface area contributed by atoms with Crippen molar-refractivity contribution >= 4 is 0 Å². The van der Waals surface area contributed by atoms with Crippen LogP contribution < -0.4 is 5.73 Å². The maximum Gasteiger partial charge on any atom is 0.0383 e. The van der Waals surface area contributed by atoms with Gasteiger partial charge in [-0.05, 0) is 61.6 Å². The standard InChI is InChI=1S/C18H29N/c1-4-7-14(2)13-18(3,19)17-11-10-15-8-5-6-9-16(15)12-17/h10-12,14H,4-9,13,19H2,1-3H3. The second-order valence-corrected chi connectivity index (χ2v) is 6.71. The van der Waals surface area contributed by atoms with Crippen LogP contribution in [0.1, 0.15) is 69.6 Å². The maximum atomic E-state index is 6.60. The number of fused-ring (bicyclic) bond motifs is 1. The van der Waals surface area contributed by atoms with Gasteiger partial charge in [0.05, 0.1) is 0 Å². The van der Waals surface area contributed by atoms with E-state index in [0.29, 0.717) is 5.92 Å². The number of nitrogens with two attached hydrogens (primary N) is 1. The highest BCUT2D eigenvalue weighted by Gasteiger charge is 2.24. The Kier molecular flexibility index (Phi) is 4.67. The summed E-state index contributed by atoms with van der Waals surface area (Å²) in [7, 11) is 0. The van der Waals surface area contributed by atoms with Crippen LogP contribution >= 0.6 is 0 Å². The van der Waals surface area contributed by atoms with Gasteiger partial charge in [0, 0.05) is 5.54 Å². The average molecular weight is 259 g/mol. The summed E-state index contributed by atoms with van der Waals surface area (Å²) in [5.74, 6) is 0.705. The smallest absolute Gasteiger partial charge is 0.0383 e. The summed E-state index contributed by atoms with van der Waals surface area (Å²) < 4.78 is 0. The summed E-state index contributed by atoms with van der Waals surface area (Å²) >= 11 is 0. The third kappa shape index (κ3) is 3.60. The van der Waals surface area contributed by atoms with Gasteiger partial charge in [-0.1, -0.05) is 44.9 Å². The van der Waals surface area contributed by atoms with Gasteiger partial charge in [-0.2, -0.15) is 0 Å². The van der Waals surface area contributed by atoms with E-state index in [1.807, 2.05) is 0 Å². The van der Waals surface area contributed by atoms with Crippen LogP contribution in [0.25, 0.3) is 0 Å². The molecule has 0 saturated heterocycles. The lowest BCUT2D eigenvalue weighted by molar-refractivity contribution is 0.346. The first-order valence-electron chi connectivity index (χ1n) is 7.94. The van der Waals surface area contributed by atoms with E-state index in [4.69, 9.17) is 5.73 Å². The van der Waals surface area contributed by atoms with Crippen LogP contribution in [-0.2, 0) is 18.4 Å². The van der Waals surface area contributed by atoms with Gasteiger partial charge in [0.2, 0.25) is 0 Å². The van der Waals surface area contributed by atoms with Crippen molar-refractivity contribution in [1.29, 1.82) is 0 Å². The van der Waals surface area contributed by atoms with Crippen LogP contribution in [-0.4, -0.2) is 0 Å². The van der Waals surface area contributed by atoms with Gasteiger partial charge >= 0.3 is 0 Å². The van der Waals surface area contributed by atoms with Crippen LogP contribution in [0.5, 0.6) is 0 Å². The Morgan fingerprint density at radius 1 is 1.21 bits per heavy atom. The van der Waals surface area contributed by atoms with Gasteiger partial charge in [0.1, 0.15) is 0 Å². The summed E-state index contributed by atoms with van der Waals surface area (Å²) in [5, 5.41) is 0. The molecule has 0 heterocycles. The minimum Gasteiger partial charge on any atom is -0.322 e. The maximum absolute atomic E-state index is 6.60. The van der Waals surface area contributed by atoms with Gasteiger partial charge in [-0.3, -0.25) is 0 Å². The van der Waals surface area contributed by atoms with Crippen LogP contribution in [0, 0.1) is 5.92 Å². The monoisotopic (exact) mass is 259 g/mol. The second kappa shape index (κ2) is 6.09. The van der Waals surface area contributed by atoms with Crippen molar-refractivity contribution in [3.05, 3.63) is 34.9 Å². The quantitative estimate of drug-likeness (QED) is 0.824. The number of hydrogen-bond donors (Lipinski definition) is 1. The van der Waals surface area contributed by atoms with Crippen LogP contribution in [0.4, 0.5) is 0 Å². The molecular weight excluding hydrogens is 230 g/mol. The van der Waals surface area contributed by atoms with E-state index >= 15 is 0 Å². The van der Waals surface area contributed by atoms with Gasteiger partial charge in [0.15, 0.2) is 0 Å². The zero-order valence-electron chi connectivity index (χ0n) is 12.8. The lowest BCUT2D eigenvalue weighted by Gasteiger charge is -2.30. The first-order valence-corrected chi connectivity index (χ1v) is 7.94. The normalized spacial score (nSPS) is 19.6. The highest BCUT2D eigenvalue weighted by atomic mass is 14.7. The number of hydrogen-bond acceptors (Lipinski definition) is 1. The summed E-state index contributed by atoms with van der Waals surface area (Å²) in [5.41, 5.74) is 10.8. The molecule has 2 rings (SSSR count). The molecule has 0 fully saturated rings. The fourth-order valence-corrected chi connectivity index (χ4v) is 3.53. The van der Waals surface area contributed by atoms with Crippen molar-refractivity contribution in [2.24, 2.45) is 11.7 Å². The van der Waals surface area contributed by atoms with Crippen molar-refractivity contribution in [2.45, 2.75) is 71.3 Å². The fourth-order valence-electron chi connectivity index (χ4n) is 3.53. The molecule has 2 unspecified atom stereocenters. The first kappa shape index (κ1) is 14.6. The van der Waals surface area contributed by atoms with E-state index in [2.05, 4.69) is 39.0 Å². The first-order chi connectivity index (χ1) is 9.03. The highest BCUT2D eigenvalue weighted by molar-refractivity contribution is 5.36. The van der Waals surface area contributed by atoms with Crippen LogP contribution in [0.3, 0.4) is 0 Å². The molecule has 1 heteroatoms. The molecule has 0 amide bonds. The molecule has 0 aliphatic heterocycles. The third-order valence-corrected chi connectivity index (χ3v) is 4.56. The molecule has 19 heavy (non-hydrogen) atoms. The van der Waals surface area contributed by atoms with E-state index in [1.54, 1.807) is 11.1 Å². The van der Waals surface area contributed by atoms with Gasteiger partial charge < -0.3 is 5.73 Å². The predicted molar refractivity (Wildman–Crippen MR) is 83.3 cm³/mol. The molecule has 2 atom stereocenters. The fraction of sp³-hybridized carbons (Fsp3) is 0.667. The molecular formula is C18H29N. The van der Waals surface area contributed by atoms with Crippen molar-refractivity contribution in [1.82, 2.24) is 0 Å². The van der Waals surface area contributed by atoms with Crippen LogP contribution in [0.15, 0.2) is 18.2 Å². The Morgan fingerprint density at radius 2 is 1.89 bits per heavy atom. The lowest BCUT2D eigenvalue weighted by atomic mass is 9.80. The summed E-state index contributed by atoms with van der Waals surface area (Å²) in [4.78, 5) is 0. The number of rotatable bonds is 5. The minimum atomic E-state index is -0.180. The van der Waals surface area contributed by atoms with E-state index in [-0.39, 0.29) is 5.54 Å². The van der Waals surface area contributed by atoms with Crippen molar-refractivity contribution in [2.75, 3.05) is 0 Å². The molecule has 2 N–H and O–H groups in total. The van der Waals surface area contributed by atoms with E-state index in [1.165, 1.54) is 44.1 Å². The molecule has 1 nitrogen and oxygen atoms in total. The Labute approximate surface area is 118 Å². The van der Waals surface area contributed by atoms with E-state index in [9.17, 15) is 0 Å². The molecule has 1 aliphatic carbocycles. The van der Waals surface area contributed by atoms with E-state index < -0.39 is 0 Å². The number of benzene rings is 1. The summed E-state index contributed by atoms with van der Waals surface area (Å²) in [6, 6.07) is 6.97. The van der Waals surface area contributed by atoms with Crippen molar-refractivity contribution < 1.29 is 0 Å². The SMILES string of the molecule is CCCC(C)CC(C)(N)c1ccc2c(c1)CCCC2. The molecule has 0 radical (unpaired) electrons. The van der Waals surface area contributed by atoms with Gasteiger partial charge in [-0.25, -0.2) is 0 Å². The predicted octanol–water partition coefficient (Wildman–Crippen LogP) is 4.57. The summed E-state index contributed by atoms with van der Waals surface area (Å²) in [6.45, 7) is 6.78. The molecule has 0 bridgehead atoms. The lowest BCUT2D eigenvalue weighted by Crippen LogP contribution is -2.35. The molecule has 0 aromatic heterocycles. The minimum absolute atomic E-state index is 0.180. The molecule has 0 spiro atoms. The summed E-state index contributed by atoms with van der Waals surface area (Å²) in [6.07, 6.45) is 8.79. The van der Waals surface area contributed by atoms with Gasteiger partial charge in [-0.15, -0.1) is 0 Å². The Morgan fingerprint density at radius 3 is 2.58 bits per heavy atom. The topological polar surface area (TPSA) is 26.0 Å². The molecule has 1 aromatic rings. The Bertz CT molecular complexity index is 420. The molecule has 0 saturated carbocycles. The molecule has 106 valence electrons. The van der Waals surface area contributed by atoms with Crippen molar-refractivity contribution in [3.8, 4) is 0 Å². The molecule has 1 aromatic carbocycles. The number of aryl methyl sites for hydroxylation is 2. The Hall–Kier alpha value is -0.820. The van der Waals surface area contributed by atoms with Gasteiger partial charge in [0.25, 0.3) is 0 Å². The zero-order chi connectivity index (χ0) is 13.9. The van der Waals surface area contributed by atoms with Crippen molar-refractivity contribution in [3.63, 3.8) is 0 Å².